The number of nitrogens with zero attached hydrogens (tertiary/aromatic N) is 1. The van der Waals surface area contributed by atoms with Crippen LogP contribution in [0.1, 0.15) is 5.56 Å². The van der Waals surface area contributed by atoms with E-state index in [0.29, 0.717) is 12.8 Å². The lowest BCUT2D eigenvalue weighted by molar-refractivity contribution is -0.137. The summed E-state index contributed by atoms with van der Waals surface area (Å²) in [7, 11) is 1.48. The van der Waals surface area contributed by atoms with Crippen LogP contribution in [0.15, 0.2) is 12.3 Å². The molecule has 90 valence electrons. The number of aromatic nitrogens is 1. The number of hydrogen-bond donors (Lipinski definition) is 1. The van der Waals surface area contributed by atoms with Gasteiger partial charge in [-0.15, -0.1) is 0 Å². The van der Waals surface area contributed by atoms with Crippen molar-refractivity contribution in [1.29, 1.82) is 0 Å². The molecular formula is C9H11F3N2O2. The Hall–Kier alpha value is -1.50. The standard InChI is InChI=1S/C9H11F3N2O2/c1-15-2-3-16-8-7(13)4-6(5-14-8)9(10,11)12/h4-5H,2-3,13H2,1H3. The van der Waals surface area contributed by atoms with Gasteiger partial charge in [-0.05, 0) is 6.07 Å². The largest absolute Gasteiger partial charge is 0.474 e. The van der Waals surface area contributed by atoms with Crippen molar-refractivity contribution >= 4 is 5.69 Å². The van der Waals surface area contributed by atoms with Crippen molar-refractivity contribution in [3.8, 4) is 5.88 Å². The molecule has 0 bridgehead atoms. The number of nitrogen functional groups attached to an aromatic ring is 1. The fourth-order valence-corrected chi connectivity index (χ4v) is 0.967. The second-order valence-electron chi connectivity index (χ2n) is 2.96. The molecule has 0 atom stereocenters. The van der Waals surface area contributed by atoms with E-state index in [2.05, 4.69) is 4.98 Å². The third kappa shape index (κ3) is 3.27. The van der Waals surface area contributed by atoms with Crippen molar-refractivity contribution in [2.45, 2.75) is 6.18 Å². The van der Waals surface area contributed by atoms with Crippen LogP contribution in [0.4, 0.5) is 18.9 Å². The Morgan fingerprint density at radius 1 is 1.38 bits per heavy atom. The fraction of sp³-hybridized carbons (Fsp3) is 0.444. The van der Waals surface area contributed by atoms with Crippen molar-refractivity contribution in [1.82, 2.24) is 4.98 Å². The molecule has 0 saturated heterocycles. The lowest BCUT2D eigenvalue weighted by Crippen LogP contribution is -2.10. The Kier molecular flexibility index (Phi) is 3.94. The van der Waals surface area contributed by atoms with Gasteiger partial charge in [0.05, 0.1) is 17.9 Å². The Morgan fingerprint density at radius 3 is 2.56 bits per heavy atom. The molecule has 0 aliphatic carbocycles. The molecular weight excluding hydrogens is 225 g/mol. The molecule has 7 heteroatoms. The Balaban J connectivity index is 2.76. The summed E-state index contributed by atoms with van der Waals surface area (Å²) < 4.78 is 46.5. The monoisotopic (exact) mass is 236 g/mol. The van der Waals surface area contributed by atoms with E-state index in [0.717, 1.165) is 6.07 Å². The first-order valence-corrected chi connectivity index (χ1v) is 4.39. The zero-order valence-corrected chi connectivity index (χ0v) is 8.54. The molecule has 1 aromatic heterocycles. The molecule has 1 rings (SSSR count). The minimum absolute atomic E-state index is 0.0231. The van der Waals surface area contributed by atoms with Gasteiger partial charge < -0.3 is 15.2 Å². The van der Waals surface area contributed by atoms with Crippen molar-refractivity contribution in [2.75, 3.05) is 26.1 Å². The minimum atomic E-state index is -4.45. The van der Waals surface area contributed by atoms with E-state index in [1.807, 2.05) is 0 Å². The number of pyridine rings is 1. The zero-order valence-electron chi connectivity index (χ0n) is 8.54. The SMILES string of the molecule is COCCOc1ncc(C(F)(F)F)cc1N. The highest BCUT2D eigenvalue weighted by Gasteiger charge is 2.31. The van der Waals surface area contributed by atoms with Crippen LogP contribution in [-0.2, 0) is 10.9 Å². The van der Waals surface area contributed by atoms with Crippen LogP contribution < -0.4 is 10.5 Å². The third-order valence-corrected chi connectivity index (χ3v) is 1.73. The number of ether oxygens (including phenoxy) is 2. The zero-order chi connectivity index (χ0) is 12.2. The summed E-state index contributed by atoms with van der Waals surface area (Å²) in [5.41, 5.74) is 4.33. The summed E-state index contributed by atoms with van der Waals surface area (Å²) in [6.07, 6.45) is -3.77. The topological polar surface area (TPSA) is 57.4 Å². The number of methoxy groups -OCH3 is 1. The van der Waals surface area contributed by atoms with E-state index in [-0.39, 0.29) is 18.2 Å². The van der Waals surface area contributed by atoms with Crippen LogP contribution in [-0.4, -0.2) is 25.3 Å². The highest BCUT2D eigenvalue weighted by Crippen LogP contribution is 2.31. The molecule has 1 aromatic rings. The smallest absolute Gasteiger partial charge is 0.417 e. The predicted octanol–water partition coefficient (Wildman–Crippen LogP) is 1.71. The molecule has 0 saturated carbocycles. The minimum Gasteiger partial charge on any atom is -0.474 e. The van der Waals surface area contributed by atoms with E-state index in [4.69, 9.17) is 15.2 Å². The molecule has 0 aromatic carbocycles. The van der Waals surface area contributed by atoms with Crippen LogP contribution in [0, 0.1) is 0 Å². The molecule has 0 amide bonds. The average molecular weight is 236 g/mol. The summed E-state index contributed by atoms with van der Waals surface area (Å²) in [6.45, 7) is 0.487. The molecule has 0 fully saturated rings. The van der Waals surface area contributed by atoms with Crippen molar-refractivity contribution in [3.05, 3.63) is 17.8 Å². The molecule has 0 aliphatic rings. The quantitative estimate of drug-likeness (QED) is 0.808. The van der Waals surface area contributed by atoms with Gasteiger partial charge in [-0.2, -0.15) is 13.2 Å². The number of nitrogens with two attached hydrogens (primary N) is 1. The fourth-order valence-electron chi connectivity index (χ4n) is 0.967. The highest BCUT2D eigenvalue weighted by atomic mass is 19.4. The van der Waals surface area contributed by atoms with Crippen molar-refractivity contribution in [2.24, 2.45) is 0 Å². The predicted molar refractivity (Wildman–Crippen MR) is 51.0 cm³/mol. The van der Waals surface area contributed by atoms with E-state index in [1.165, 1.54) is 7.11 Å². The van der Waals surface area contributed by atoms with Crippen LogP contribution in [0.2, 0.25) is 0 Å². The first-order chi connectivity index (χ1) is 7.45. The number of anilines is 1. The van der Waals surface area contributed by atoms with Gasteiger partial charge in [0, 0.05) is 13.3 Å². The van der Waals surface area contributed by atoms with Gasteiger partial charge in [-0.25, -0.2) is 4.98 Å². The number of rotatable bonds is 4. The maximum atomic E-state index is 12.2. The molecule has 16 heavy (non-hydrogen) atoms. The van der Waals surface area contributed by atoms with E-state index >= 15 is 0 Å². The van der Waals surface area contributed by atoms with Gasteiger partial charge in [-0.1, -0.05) is 0 Å². The summed E-state index contributed by atoms with van der Waals surface area (Å²) in [4.78, 5) is 3.49. The summed E-state index contributed by atoms with van der Waals surface area (Å²) >= 11 is 0. The lowest BCUT2D eigenvalue weighted by atomic mass is 10.2. The molecule has 2 N–H and O–H groups in total. The second-order valence-corrected chi connectivity index (χ2v) is 2.96. The van der Waals surface area contributed by atoms with E-state index in [1.54, 1.807) is 0 Å². The van der Waals surface area contributed by atoms with Gasteiger partial charge in [0.25, 0.3) is 0 Å². The van der Waals surface area contributed by atoms with Crippen LogP contribution in [0.25, 0.3) is 0 Å². The molecule has 0 radical (unpaired) electrons. The van der Waals surface area contributed by atoms with Gasteiger partial charge in [0.15, 0.2) is 0 Å². The molecule has 4 nitrogen and oxygen atoms in total. The van der Waals surface area contributed by atoms with Crippen molar-refractivity contribution in [3.63, 3.8) is 0 Å². The number of alkyl halides is 3. The van der Waals surface area contributed by atoms with E-state index < -0.39 is 11.7 Å². The van der Waals surface area contributed by atoms with E-state index in [9.17, 15) is 13.2 Å². The van der Waals surface area contributed by atoms with Crippen LogP contribution >= 0.6 is 0 Å². The molecule has 0 unspecified atom stereocenters. The third-order valence-electron chi connectivity index (χ3n) is 1.73. The highest BCUT2D eigenvalue weighted by molar-refractivity contribution is 5.49. The van der Waals surface area contributed by atoms with Gasteiger partial charge in [0.2, 0.25) is 5.88 Å². The van der Waals surface area contributed by atoms with Crippen LogP contribution in [0.5, 0.6) is 5.88 Å². The number of halogens is 3. The maximum absolute atomic E-state index is 12.2. The average Bonchev–Trinajstić information content (AvgIpc) is 2.19. The van der Waals surface area contributed by atoms with Gasteiger partial charge >= 0.3 is 6.18 Å². The summed E-state index contributed by atoms with van der Waals surface area (Å²) in [6, 6.07) is 0.787. The second kappa shape index (κ2) is 5.02. The normalized spacial score (nSPS) is 11.5. The number of hydrogen-bond acceptors (Lipinski definition) is 4. The molecule has 0 aliphatic heterocycles. The van der Waals surface area contributed by atoms with Gasteiger partial charge in [-0.3, -0.25) is 0 Å². The maximum Gasteiger partial charge on any atom is 0.417 e. The van der Waals surface area contributed by atoms with Crippen molar-refractivity contribution < 1.29 is 22.6 Å². The molecule has 0 spiro atoms. The first kappa shape index (κ1) is 12.6. The van der Waals surface area contributed by atoms with Gasteiger partial charge in [0.1, 0.15) is 6.61 Å². The first-order valence-electron chi connectivity index (χ1n) is 4.39. The summed E-state index contributed by atoms with van der Waals surface area (Å²) in [5.74, 6) is -0.0231. The Morgan fingerprint density at radius 2 is 2.06 bits per heavy atom. The summed E-state index contributed by atoms with van der Waals surface area (Å²) in [5, 5.41) is 0. The lowest BCUT2D eigenvalue weighted by Gasteiger charge is -2.10. The molecule has 1 heterocycles. The Labute approximate surface area is 90.2 Å². The van der Waals surface area contributed by atoms with Crippen LogP contribution in [0.3, 0.4) is 0 Å². The Bertz CT molecular complexity index is 355.